The third-order valence-electron chi connectivity index (χ3n) is 0. The molecule has 0 aromatic carbocycles. The normalized spacial score (nSPS) is 7.20. The van der Waals surface area contributed by atoms with Crippen molar-refractivity contribution in [1.29, 1.82) is 0 Å². The van der Waals surface area contributed by atoms with E-state index in [0.717, 1.165) is 0 Å². The van der Waals surface area contributed by atoms with Crippen molar-refractivity contribution in [2.24, 2.45) is 0 Å². The van der Waals surface area contributed by atoms with Crippen LogP contribution in [0.15, 0.2) is 0 Å². The number of rotatable bonds is 0. The molecule has 0 amide bonds. The minimum atomic E-state index is 0. The van der Waals surface area contributed by atoms with E-state index < -0.39 is 0 Å². The Hall–Kier alpha value is 1.79. The van der Waals surface area contributed by atoms with E-state index in [-0.39, 0.29) is 57.7 Å². The van der Waals surface area contributed by atoms with Crippen LogP contribution in [0.25, 0.3) is 0 Å². The molecule has 0 spiro atoms. The quantitative estimate of drug-likeness (QED) is 0.512. The average molecular weight is 213 g/mol. The van der Waals surface area contributed by atoms with Crippen LogP contribution in [0, 0.1) is 0 Å². The second-order valence-electron chi connectivity index (χ2n) is 1.50. The van der Waals surface area contributed by atoms with Crippen molar-refractivity contribution in [3.8, 4) is 0 Å². The zero-order valence-electron chi connectivity index (χ0n) is 3.50. The molecular formula is C3H11BaSi. The molecule has 0 aliphatic carbocycles. The van der Waals surface area contributed by atoms with Crippen molar-refractivity contribution < 1.29 is 0 Å². The van der Waals surface area contributed by atoms with Gasteiger partial charge in [0.2, 0.25) is 0 Å². The monoisotopic (exact) mass is 213 g/mol. The summed E-state index contributed by atoms with van der Waals surface area (Å²) in [5, 5.41) is 0. The van der Waals surface area contributed by atoms with Gasteiger partial charge in [0.25, 0.3) is 0 Å². The van der Waals surface area contributed by atoms with Crippen molar-refractivity contribution in [3.05, 3.63) is 0 Å². The van der Waals surface area contributed by atoms with Crippen molar-refractivity contribution >= 4 is 57.7 Å². The first-order valence-electron chi connectivity index (χ1n) is 1.50. The summed E-state index contributed by atoms with van der Waals surface area (Å²) < 4.78 is 0. The topological polar surface area (TPSA) is 0 Å². The Labute approximate surface area is 76.0 Å². The first-order valence-corrected chi connectivity index (χ1v) is 4.50. The Morgan fingerprint density at radius 2 is 1.00 bits per heavy atom. The van der Waals surface area contributed by atoms with Gasteiger partial charge in [-0.25, -0.2) is 0 Å². The van der Waals surface area contributed by atoms with E-state index in [2.05, 4.69) is 19.6 Å². The Bertz CT molecular complexity index is 11.6. The maximum atomic E-state index is 2.27. The summed E-state index contributed by atoms with van der Waals surface area (Å²) in [5.41, 5.74) is 0. The Morgan fingerprint density at radius 1 is 1.00 bits per heavy atom. The van der Waals surface area contributed by atoms with Gasteiger partial charge >= 0.3 is 48.9 Å². The molecule has 0 rings (SSSR count). The summed E-state index contributed by atoms with van der Waals surface area (Å²) in [6, 6.07) is 0. The fourth-order valence-corrected chi connectivity index (χ4v) is 0. The van der Waals surface area contributed by atoms with Crippen LogP contribution < -0.4 is 0 Å². The van der Waals surface area contributed by atoms with Crippen LogP contribution in [0.4, 0.5) is 0 Å². The summed E-state index contributed by atoms with van der Waals surface area (Å²) in [4.78, 5) is 0. The minimum absolute atomic E-state index is 0. The van der Waals surface area contributed by atoms with Gasteiger partial charge in [-0.15, -0.1) is 0 Å². The summed E-state index contributed by atoms with van der Waals surface area (Å²) in [5.74, 6) is 0. The van der Waals surface area contributed by atoms with E-state index >= 15 is 0 Å². The molecule has 0 nitrogen and oxygen atoms in total. The van der Waals surface area contributed by atoms with Gasteiger partial charge in [0.05, 0.1) is 0 Å². The third-order valence-corrected chi connectivity index (χ3v) is 0. The van der Waals surface area contributed by atoms with Gasteiger partial charge in [-0.1, -0.05) is 19.6 Å². The van der Waals surface area contributed by atoms with Crippen LogP contribution in [0.3, 0.4) is 0 Å². The van der Waals surface area contributed by atoms with Crippen LogP contribution >= 0.6 is 0 Å². The fraction of sp³-hybridized carbons (Fsp3) is 1.00. The van der Waals surface area contributed by atoms with Crippen molar-refractivity contribution in [2.75, 3.05) is 0 Å². The van der Waals surface area contributed by atoms with Gasteiger partial charge in [-0.3, -0.25) is 0 Å². The van der Waals surface area contributed by atoms with Gasteiger partial charge in [-0.05, 0) is 0 Å². The second kappa shape index (κ2) is 5.79. The van der Waals surface area contributed by atoms with Crippen LogP contribution in [0.2, 0.25) is 19.6 Å². The molecule has 0 saturated heterocycles. The molecule has 29 valence electrons. The van der Waals surface area contributed by atoms with E-state index in [1.54, 1.807) is 0 Å². The molecule has 0 fully saturated rings. The second-order valence-corrected chi connectivity index (χ2v) is 4.50. The van der Waals surface area contributed by atoms with E-state index in [9.17, 15) is 0 Å². The summed E-state index contributed by atoms with van der Waals surface area (Å²) in [6.07, 6.45) is 0. The van der Waals surface area contributed by atoms with Gasteiger partial charge in [0, 0.05) is 8.80 Å². The zero-order valence-corrected chi connectivity index (χ0v) is 4.50. The summed E-state index contributed by atoms with van der Waals surface area (Å²) >= 11 is 0. The Balaban J connectivity index is 0. The molecule has 0 aromatic heterocycles. The predicted octanol–water partition coefficient (Wildman–Crippen LogP) is 0.454. The fourth-order valence-electron chi connectivity index (χ4n) is 0. The van der Waals surface area contributed by atoms with Crippen molar-refractivity contribution in [3.63, 3.8) is 0 Å². The number of hydrogen-bond acceptors (Lipinski definition) is 0. The zero-order chi connectivity index (χ0) is 3.58. The first-order chi connectivity index (χ1) is 1.73. The van der Waals surface area contributed by atoms with Gasteiger partial charge in [0.1, 0.15) is 0 Å². The molecule has 0 aliphatic heterocycles. The molecule has 0 aromatic rings. The molecule has 0 saturated carbocycles. The van der Waals surface area contributed by atoms with Crippen LogP contribution in [-0.4, -0.2) is 57.7 Å². The molecule has 0 heterocycles. The van der Waals surface area contributed by atoms with Crippen molar-refractivity contribution in [2.45, 2.75) is 19.6 Å². The van der Waals surface area contributed by atoms with E-state index in [1.165, 1.54) is 0 Å². The molecule has 0 atom stereocenters. The van der Waals surface area contributed by atoms with E-state index in [1.807, 2.05) is 0 Å². The SMILES string of the molecule is C[Si](C)C.[BaH2]. The molecule has 2 heteroatoms. The van der Waals surface area contributed by atoms with Gasteiger partial charge in [0.15, 0.2) is 0 Å². The van der Waals surface area contributed by atoms with E-state index in [0.29, 0.717) is 0 Å². The molecule has 0 unspecified atom stereocenters. The number of hydrogen-bond donors (Lipinski definition) is 0. The molecule has 0 bridgehead atoms. The molecule has 0 N–H and O–H groups in total. The van der Waals surface area contributed by atoms with Gasteiger partial charge < -0.3 is 0 Å². The molecule has 1 radical (unpaired) electrons. The Kier molecular flexibility index (Phi) is 11.5. The van der Waals surface area contributed by atoms with Crippen molar-refractivity contribution in [1.82, 2.24) is 0 Å². The maximum absolute atomic E-state index is 2.27. The van der Waals surface area contributed by atoms with E-state index in [4.69, 9.17) is 0 Å². The van der Waals surface area contributed by atoms with Gasteiger partial charge in [-0.2, -0.15) is 0 Å². The van der Waals surface area contributed by atoms with Crippen LogP contribution in [0.1, 0.15) is 0 Å². The predicted molar refractivity (Wildman–Crippen MR) is 31.9 cm³/mol. The first kappa shape index (κ1) is 9.92. The molecular weight excluding hydrogens is 201 g/mol. The van der Waals surface area contributed by atoms with Crippen LogP contribution in [0.5, 0.6) is 0 Å². The average Bonchev–Trinajstić information content (AvgIpc) is 0.811. The standard InChI is InChI=1S/C3H9Si.Ba.2H/c1-4(2)3;;;/h1-3H3;;;. The molecule has 0 aliphatic rings. The summed E-state index contributed by atoms with van der Waals surface area (Å²) in [6.45, 7) is 6.81. The summed E-state index contributed by atoms with van der Waals surface area (Å²) in [7, 11) is 0.120. The third kappa shape index (κ3) is 26.0. The van der Waals surface area contributed by atoms with Crippen LogP contribution in [-0.2, 0) is 0 Å². The molecule has 5 heavy (non-hydrogen) atoms. The Morgan fingerprint density at radius 3 is 1.00 bits per heavy atom.